The first kappa shape index (κ1) is 44.1. The summed E-state index contributed by atoms with van der Waals surface area (Å²) < 4.78 is 68.8. The SMILES string of the molecule is CCN1C(=O)c2c(O)c(=O)c(C(=O)NCc3ccc(F)c(Cl)c3F)cn2[C@@H]2CCO[C@@H]21.CCN1C(=O)c2c(O)c(=O)c(C(=O)NCc3ccc(F)c(Cl)c3F)cn2[C@H]2CCO[C@H]21. The van der Waals surface area contributed by atoms with E-state index in [2.05, 4.69) is 10.6 Å². The number of rotatable bonds is 8. The average molecular weight is 908 g/mol. The Bertz CT molecular complexity index is 2480. The van der Waals surface area contributed by atoms with Crippen molar-refractivity contribution in [2.75, 3.05) is 26.3 Å². The van der Waals surface area contributed by atoms with Gasteiger partial charge in [0.15, 0.2) is 35.3 Å². The molecular formula is C40H36Cl2F4N6O10. The van der Waals surface area contributed by atoms with Crippen LogP contribution in [-0.4, -0.2) is 91.5 Å². The smallest absolute Gasteiger partial charge is 0.276 e. The van der Waals surface area contributed by atoms with Crippen molar-refractivity contribution in [3.05, 3.63) is 124 Å². The van der Waals surface area contributed by atoms with E-state index < -0.39 is 103 Å². The summed E-state index contributed by atoms with van der Waals surface area (Å²) in [5, 5.41) is 24.2. The van der Waals surface area contributed by atoms with Crippen LogP contribution < -0.4 is 21.5 Å². The van der Waals surface area contributed by atoms with Crippen molar-refractivity contribution in [2.24, 2.45) is 0 Å². The summed E-state index contributed by atoms with van der Waals surface area (Å²) in [5.41, 5.74) is -3.46. The third-order valence-corrected chi connectivity index (χ3v) is 11.7. The van der Waals surface area contributed by atoms with E-state index in [1.54, 1.807) is 13.8 Å². The Morgan fingerprint density at radius 3 is 1.40 bits per heavy atom. The van der Waals surface area contributed by atoms with Gasteiger partial charge >= 0.3 is 0 Å². The van der Waals surface area contributed by atoms with Gasteiger partial charge in [0.1, 0.15) is 44.4 Å². The molecule has 22 heteroatoms. The summed E-state index contributed by atoms with van der Waals surface area (Å²) in [6.45, 7) is 4.15. The maximum atomic E-state index is 14.1. The van der Waals surface area contributed by atoms with Crippen molar-refractivity contribution in [3.8, 4) is 11.5 Å². The zero-order valence-electron chi connectivity index (χ0n) is 32.6. The van der Waals surface area contributed by atoms with Gasteiger partial charge in [-0.05, 0) is 38.8 Å². The van der Waals surface area contributed by atoms with Crippen LogP contribution >= 0.6 is 23.2 Å². The van der Waals surface area contributed by atoms with Crippen LogP contribution in [0.15, 0.2) is 46.2 Å². The molecule has 0 spiro atoms. The number of aromatic nitrogens is 2. The number of likely N-dealkylation sites (N-methyl/N-ethyl adjacent to an activating group) is 2. The molecule has 4 amide bonds. The molecule has 2 fully saturated rings. The van der Waals surface area contributed by atoms with Gasteiger partial charge < -0.3 is 49.3 Å². The number of pyridine rings is 2. The molecule has 4 aromatic rings. The molecule has 62 heavy (non-hydrogen) atoms. The molecule has 8 rings (SSSR count). The van der Waals surface area contributed by atoms with E-state index >= 15 is 0 Å². The fourth-order valence-electron chi connectivity index (χ4n) is 7.88. The number of halogens is 6. The standard InChI is InChI=1S/2C20H18ClF2N3O5/c2*1-2-25-19(30)15-17(28)16(27)10(8-26(15)12-5-6-31-20(12)25)18(29)24-7-9-3-4-11(22)13(21)14(9)23/h2*3-4,8,12,20,28H,2,5-7H2,1H3,(H,24,29)/t2*12-,20+/m10/s1. The molecule has 0 aliphatic carbocycles. The lowest BCUT2D eigenvalue weighted by Gasteiger charge is -2.38. The van der Waals surface area contributed by atoms with E-state index in [0.29, 0.717) is 39.1 Å². The number of nitrogens with one attached hydrogen (secondary N) is 2. The lowest BCUT2D eigenvalue weighted by molar-refractivity contribution is -0.0333. The summed E-state index contributed by atoms with van der Waals surface area (Å²) in [4.78, 5) is 79.0. The van der Waals surface area contributed by atoms with Crippen molar-refractivity contribution >= 4 is 46.8 Å². The highest BCUT2D eigenvalue weighted by Crippen LogP contribution is 2.38. The van der Waals surface area contributed by atoms with E-state index in [9.17, 15) is 56.5 Å². The summed E-state index contributed by atoms with van der Waals surface area (Å²) in [6, 6.07) is 3.40. The molecule has 4 aliphatic heterocycles. The Hall–Kier alpha value is -5.96. The van der Waals surface area contributed by atoms with Gasteiger partial charge in [0.2, 0.25) is 10.9 Å². The first-order valence-corrected chi connectivity index (χ1v) is 19.9. The molecule has 0 radical (unpaired) electrons. The second-order valence-corrected chi connectivity index (χ2v) is 15.2. The Labute approximate surface area is 358 Å². The third-order valence-electron chi connectivity index (χ3n) is 11.0. The quantitative estimate of drug-likeness (QED) is 0.146. The third kappa shape index (κ3) is 7.54. The minimum atomic E-state index is -1.02. The van der Waals surface area contributed by atoms with Crippen LogP contribution in [0.5, 0.6) is 11.5 Å². The van der Waals surface area contributed by atoms with E-state index in [1.165, 1.54) is 31.3 Å². The van der Waals surface area contributed by atoms with E-state index in [1.807, 2.05) is 0 Å². The molecule has 328 valence electrons. The first-order chi connectivity index (χ1) is 29.5. The summed E-state index contributed by atoms with van der Waals surface area (Å²) in [6.07, 6.45) is 2.31. The lowest BCUT2D eigenvalue weighted by atomic mass is 10.1. The summed E-state index contributed by atoms with van der Waals surface area (Å²) in [7, 11) is 0. The number of amides is 4. The van der Waals surface area contributed by atoms with E-state index in [-0.39, 0.29) is 47.7 Å². The second kappa shape index (κ2) is 17.4. The molecule has 16 nitrogen and oxygen atoms in total. The molecule has 4 aliphatic rings. The van der Waals surface area contributed by atoms with Gasteiger partial charge in [-0.25, -0.2) is 17.6 Å². The molecule has 4 atom stereocenters. The number of aromatic hydroxyl groups is 2. The Morgan fingerprint density at radius 1 is 0.677 bits per heavy atom. The number of carbonyl (C=O) groups excluding carboxylic acids is 4. The Kier molecular flexibility index (Phi) is 12.4. The number of ether oxygens (including phenoxy) is 2. The maximum absolute atomic E-state index is 14.1. The molecule has 2 saturated heterocycles. The molecule has 4 N–H and O–H groups in total. The van der Waals surface area contributed by atoms with Crippen molar-refractivity contribution in [1.29, 1.82) is 0 Å². The van der Waals surface area contributed by atoms with Gasteiger partial charge in [-0.3, -0.25) is 28.8 Å². The fraction of sp³-hybridized carbons (Fsp3) is 0.350. The molecular weight excluding hydrogens is 871 g/mol. The number of hydrogen-bond acceptors (Lipinski definition) is 10. The van der Waals surface area contributed by atoms with Gasteiger partial charge in [-0.2, -0.15) is 0 Å². The zero-order valence-corrected chi connectivity index (χ0v) is 34.2. The molecule has 2 aromatic carbocycles. The number of benzene rings is 2. The zero-order chi connectivity index (χ0) is 44.9. The van der Waals surface area contributed by atoms with Crippen molar-refractivity contribution in [1.82, 2.24) is 29.6 Å². The minimum Gasteiger partial charge on any atom is -0.503 e. The highest BCUT2D eigenvalue weighted by molar-refractivity contribution is 6.31. The van der Waals surface area contributed by atoms with Crippen molar-refractivity contribution < 1.29 is 56.4 Å². The predicted molar refractivity (Wildman–Crippen MR) is 210 cm³/mol. The number of nitrogens with zero attached hydrogens (tertiary/aromatic N) is 4. The Morgan fingerprint density at radius 2 is 1.05 bits per heavy atom. The van der Waals surface area contributed by atoms with Crippen LogP contribution in [0.4, 0.5) is 17.6 Å². The van der Waals surface area contributed by atoms with Crippen molar-refractivity contribution in [2.45, 2.75) is 64.3 Å². The lowest BCUT2D eigenvalue weighted by Crippen LogP contribution is -2.50. The van der Waals surface area contributed by atoms with Gasteiger partial charge in [-0.15, -0.1) is 0 Å². The molecule has 0 unspecified atom stereocenters. The number of hydrogen-bond donors (Lipinski definition) is 4. The number of fused-ring (bicyclic) bond motifs is 6. The second-order valence-electron chi connectivity index (χ2n) is 14.4. The first-order valence-electron chi connectivity index (χ1n) is 19.1. The minimum absolute atomic E-state index is 0.0833. The van der Waals surface area contributed by atoms with Crippen LogP contribution in [0.1, 0.15) is 91.6 Å². The van der Waals surface area contributed by atoms with Crippen LogP contribution in [0.25, 0.3) is 0 Å². The van der Waals surface area contributed by atoms with Gasteiger partial charge in [0.25, 0.3) is 23.6 Å². The highest BCUT2D eigenvalue weighted by Gasteiger charge is 2.46. The van der Waals surface area contributed by atoms with Crippen LogP contribution in [0, 0.1) is 23.3 Å². The Balaban J connectivity index is 0.000000186. The van der Waals surface area contributed by atoms with Crippen LogP contribution in [0.3, 0.4) is 0 Å². The van der Waals surface area contributed by atoms with Gasteiger partial charge in [-0.1, -0.05) is 35.3 Å². The topological polar surface area (TPSA) is 202 Å². The fourth-order valence-corrected chi connectivity index (χ4v) is 8.25. The highest BCUT2D eigenvalue weighted by atomic mass is 35.5. The van der Waals surface area contributed by atoms with Gasteiger partial charge in [0, 0.05) is 49.7 Å². The van der Waals surface area contributed by atoms with Gasteiger partial charge in [0.05, 0.1) is 25.3 Å². The van der Waals surface area contributed by atoms with Crippen LogP contribution in [0.2, 0.25) is 10.0 Å². The summed E-state index contributed by atoms with van der Waals surface area (Å²) in [5.74, 6) is -8.53. The van der Waals surface area contributed by atoms with Crippen LogP contribution in [-0.2, 0) is 22.6 Å². The monoisotopic (exact) mass is 906 g/mol. The summed E-state index contributed by atoms with van der Waals surface area (Å²) >= 11 is 11.1. The molecule has 0 saturated carbocycles. The molecule has 2 aromatic heterocycles. The molecule has 0 bridgehead atoms. The van der Waals surface area contributed by atoms with E-state index in [0.717, 1.165) is 24.3 Å². The average Bonchev–Trinajstić information content (AvgIpc) is 3.95. The normalized spacial score (nSPS) is 19.9. The maximum Gasteiger partial charge on any atom is 0.276 e. The number of carbonyl (C=O) groups is 4. The predicted octanol–water partition coefficient (Wildman–Crippen LogP) is 4.36. The largest absolute Gasteiger partial charge is 0.503 e. The molecule has 6 heterocycles. The van der Waals surface area contributed by atoms with Crippen molar-refractivity contribution in [3.63, 3.8) is 0 Å². The van der Waals surface area contributed by atoms with E-state index in [4.69, 9.17) is 32.7 Å².